The molecule has 0 fully saturated rings. The van der Waals surface area contributed by atoms with Gasteiger partial charge < -0.3 is 5.32 Å². The third-order valence-corrected chi connectivity index (χ3v) is 3.84. The van der Waals surface area contributed by atoms with Crippen molar-refractivity contribution in [3.05, 3.63) is 65.5 Å². The van der Waals surface area contributed by atoms with Crippen LogP contribution in [0.5, 0.6) is 0 Å². The molecule has 6 nitrogen and oxygen atoms in total. The first-order valence-corrected chi connectivity index (χ1v) is 7.85. The van der Waals surface area contributed by atoms with E-state index in [0.717, 1.165) is 11.2 Å². The van der Waals surface area contributed by atoms with Crippen LogP contribution < -0.4 is 5.32 Å². The van der Waals surface area contributed by atoms with Crippen molar-refractivity contribution in [1.82, 2.24) is 24.6 Å². The molecule has 0 unspecified atom stereocenters. The highest BCUT2D eigenvalue weighted by atomic mass is 35.5. The number of rotatable bonds is 3. The summed E-state index contributed by atoms with van der Waals surface area (Å²) < 4.78 is 15.2. The monoisotopic (exact) mass is 354 g/mol. The molecular weight excluding hydrogens is 343 g/mol. The second-order valence-corrected chi connectivity index (χ2v) is 5.77. The summed E-state index contributed by atoms with van der Waals surface area (Å²) in [5.74, 6) is 0.603. The van der Waals surface area contributed by atoms with Gasteiger partial charge in [0.15, 0.2) is 5.82 Å². The zero-order valence-corrected chi connectivity index (χ0v) is 13.9. The second kappa shape index (κ2) is 6.10. The maximum atomic E-state index is 13.5. The summed E-state index contributed by atoms with van der Waals surface area (Å²) in [6, 6.07) is 10.1. The number of aromatic nitrogens is 5. The van der Waals surface area contributed by atoms with Crippen LogP contribution in [0.1, 0.15) is 5.69 Å². The van der Waals surface area contributed by atoms with Gasteiger partial charge in [0.1, 0.15) is 22.2 Å². The summed E-state index contributed by atoms with van der Waals surface area (Å²) in [7, 11) is 0. The standard InChI is InChI=1S/C17H12ClFN6/c1-10-12(19)4-5-13(21-10)16-23-17(14-3-2-8-25(14)24-16)22-11-6-7-20-15(18)9-11/h2-9H,1H3,(H,20,22,23,24). The zero-order valence-electron chi connectivity index (χ0n) is 13.1. The third kappa shape index (κ3) is 3.01. The molecule has 0 radical (unpaired) electrons. The van der Waals surface area contributed by atoms with Crippen LogP contribution in [0.25, 0.3) is 17.0 Å². The Bertz CT molecular complexity index is 1080. The van der Waals surface area contributed by atoms with Crippen molar-refractivity contribution in [2.24, 2.45) is 0 Å². The number of nitrogens with zero attached hydrogens (tertiary/aromatic N) is 5. The molecule has 4 aromatic rings. The molecule has 0 bridgehead atoms. The van der Waals surface area contributed by atoms with Crippen LogP contribution in [0.4, 0.5) is 15.9 Å². The highest BCUT2D eigenvalue weighted by Gasteiger charge is 2.12. The average Bonchev–Trinajstić information content (AvgIpc) is 3.06. The molecule has 0 spiro atoms. The van der Waals surface area contributed by atoms with E-state index < -0.39 is 0 Å². The Kier molecular flexibility index (Phi) is 3.77. The number of nitrogens with one attached hydrogen (secondary N) is 1. The van der Waals surface area contributed by atoms with Gasteiger partial charge in [-0.15, -0.1) is 5.10 Å². The topological polar surface area (TPSA) is 68.0 Å². The van der Waals surface area contributed by atoms with Crippen LogP contribution in [0.2, 0.25) is 5.15 Å². The lowest BCUT2D eigenvalue weighted by atomic mass is 10.3. The van der Waals surface area contributed by atoms with Gasteiger partial charge in [0.2, 0.25) is 5.82 Å². The molecule has 0 amide bonds. The fourth-order valence-electron chi connectivity index (χ4n) is 2.42. The van der Waals surface area contributed by atoms with Crippen LogP contribution in [-0.2, 0) is 0 Å². The van der Waals surface area contributed by atoms with Crippen molar-refractivity contribution in [2.45, 2.75) is 6.92 Å². The summed E-state index contributed by atoms with van der Waals surface area (Å²) in [4.78, 5) is 12.7. The van der Waals surface area contributed by atoms with Gasteiger partial charge in [-0.3, -0.25) is 0 Å². The number of aryl methyl sites for hydroxylation is 1. The molecule has 0 aliphatic heterocycles. The number of hydrogen-bond donors (Lipinski definition) is 1. The molecule has 4 aromatic heterocycles. The molecule has 0 atom stereocenters. The van der Waals surface area contributed by atoms with Gasteiger partial charge in [0.05, 0.1) is 5.69 Å². The van der Waals surface area contributed by atoms with Gasteiger partial charge in [-0.1, -0.05) is 11.6 Å². The Balaban J connectivity index is 1.83. The maximum Gasteiger partial charge on any atom is 0.200 e. The molecular formula is C17H12ClFN6. The van der Waals surface area contributed by atoms with Crippen molar-refractivity contribution < 1.29 is 4.39 Å². The molecule has 0 aliphatic carbocycles. The minimum Gasteiger partial charge on any atom is -0.338 e. The first kappa shape index (κ1) is 15.5. The normalized spacial score (nSPS) is 11.0. The summed E-state index contributed by atoms with van der Waals surface area (Å²) in [6.07, 6.45) is 3.41. The van der Waals surface area contributed by atoms with E-state index in [9.17, 15) is 4.39 Å². The lowest BCUT2D eigenvalue weighted by Gasteiger charge is -2.10. The van der Waals surface area contributed by atoms with E-state index in [1.807, 2.05) is 18.3 Å². The Hall–Kier alpha value is -3.06. The van der Waals surface area contributed by atoms with E-state index in [-0.39, 0.29) is 5.82 Å². The zero-order chi connectivity index (χ0) is 17.4. The molecule has 0 aliphatic rings. The minimum absolute atomic E-state index is 0.295. The quantitative estimate of drug-likeness (QED) is 0.562. The van der Waals surface area contributed by atoms with E-state index in [2.05, 4.69) is 25.4 Å². The second-order valence-electron chi connectivity index (χ2n) is 5.38. The highest BCUT2D eigenvalue weighted by molar-refractivity contribution is 6.29. The third-order valence-electron chi connectivity index (χ3n) is 3.63. The van der Waals surface area contributed by atoms with Gasteiger partial charge in [-0.05, 0) is 43.3 Å². The van der Waals surface area contributed by atoms with Gasteiger partial charge in [-0.25, -0.2) is 23.9 Å². The Labute approximate surface area is 147 Å². The van der Waals surface area contributed by atoms with Crippen LogP contribution >= 0.6 is 11.6 Å². The van der Waals surface area contributed by atoms with Crippen LogP contribution in [-0.4, -0.2) is 24.6 Å². The SMILES string of the molecule is Cc1nc(-c2nc(Nc3ccnc(Cl)c3)c3cccn3n2)ccc1F. The average molecular weight is 355 g/mol. The minimum atomic E-state index is -0.365. The molecule has 25 heavy (non-hydrogen) atoms. The predicted octanol–water partition coefficient (Wildman–Crippen LogP) is 4.03. The summed E-state index contributed by atoms with van der Waals surface area (Å²) >= 11 is 5.93. The van der Waals surface area contributed by atoms with E-state index in [4.69, 9.17) is 11.6 Å². The predicted molar refractivity (Wildman–Crippen MR) is 93.4 cm³/mol. The lowest BCUT2D eigenvalue weighted by Crippen LogP contribution is -2.04. The largest absolute Gasteiger partial charge is 0.338 e. The van der Waals surface area contributed by atoms with Crippen molar-refractivity contribution in [2.75, 3.05) is 5.32 Å². The number of halogens is 2. The van der Waals surface area contributed by atoms with Crippen molar-refractivity contribution >= 4 is 28.6 Å². The van der Waals surface area contributed by atoms with E-state index >= 15 is 0 Å². The first-order valence-electron chi connectivity index (χ1n) is 7.47. The summed E-state index contributed by atoms with van der Waals surface area (Å²) in [5, 5.41) is 8.03. The highest BCUT2D eigenvalue weighted by Crippen LogP contribution is 2.24. The fourth-order valence-corrected chi connectivity index (χ4v) is 2.59. The molecule has 1 N–H and O–H groups in total. The molecule has 0 saturated heterocycles. The fraction of sp³-hybridized carbons (Fsp3) is 0.0588. The van der Waals surface area contributed by atoms with Gasteiger partial charge >= 0.3 is 0 Å². The smallest absolute Gasteiger partial charge is 0.200 e. The molecule has 4 rings (SSSR count). The van der Waals surface area contributed by atoms with Crippen LogP contribution in [0.15, 0.2) is 48.8 Å². The van der Waals surface area contributed by atoms with Gasteiger partial charge in [0, 0.05) is 18.1 Å². The number of hydrogen-bond acceptors (Lipinski definition) is 5. The van der Waals surface area contributed by atoms with E-state index in [1.165, 1.54) is 6.07 Å². The molecule has 124 valence electrons. The lowest BCUT2D eigenvalue weighted by molar-refractivity contribution is 0.610. The van der Waals surface area contributed by atoms with Gasteiger partial charge in [-0.2, -0.15) is 0 Å². The van der Waals surface area contributed by atoms with Crippen molar-refractivity contribution in [3.8, 4) is 11.5 Å². The number of fused-ring (bicyclic) bond motifs is 1. The van der Waals surface area contributed by atoms with E-state index in [1.54, 1.807) is 35.8 Å². The van der Waals surface area contributed by atoms with E-state index in [0.29, 0.717) is 28.2 Å². The van der Waals surface area contributed by atoms with Crippen LogP contribution in [0, 0.1) is 12.7 Å². The number of pyridine rings is 2. The molecule has 0 aromatic carbocycles. The van der Waals surface area contributed by atoms with Crippen LogP contribution in [0.3, 0.4) is 0 Å². The molecule has 0 saturated carbocycles. The number of anilines is 2. The molecule has 8 heteroatoms. The Morgan fingerprint density at radius 1 is 1.16 bits per heavy atom. The summed E-state index contributed by atoms with van der Waals surface area (Å²) in [6.45, 7) is 1.60. The van der Waals surface area contributed by atoms with Crippen molar-refractivity contribution in [1.29, 1.82) is 0 Å². The summed E-state index contributed by atoms with van der Waals surface area (Å²) in [5.41, 5.74) is 2.32. The van der Waals surface area contributed by atoms with Crippen molar-refractivity contribution in [3.63, 3.8) is 0 Å². The maximum absolute atomic E-state index is 13.5. The Morgan fingerprint density at radius 2 is 2.04 bits per heavy atom. The first-order chi connectivity index (χ1) is 12.1. The Morgan fingerprint density at radius 3 is 2.84 bits per heavy atom. The molecule has 4 heterocycles. The van der Waals surface area contributed by atoms with Gasteiger partial charge in [0.25, 0.3) is 0 Å².